The number of hydrogen-bond donors (Lipinski definition) is 2. The molecule has 2 unspecified atom stereocenters. The summed E-state index contributed by atoms with van der Waals surface area (Å²) in [5, 5.41) is 9.18. The number of aliphatic hydroxyl groups excluding tert-OH is 1. The molecule has 1 aromatic rings. The van der Waals surface area contributed by atoms with Crippen molar-refractivity contribution in [1.82, 2.24) is 0 Å². The number of carbonyl (C=O) groups excluding carboxylic acids is 1. The number of benzene rings is 1. The molecule has 1 aromatic carbocycles. The fourth-order valence-corrected chi connectivity index (χ4v) is 3.03. The SMILES string of the molecule is CC1CCC(C(N)=O)CN1c1ccc(CO)c(Br)c1. The van der Waals surface area contributed by atoms with E-state index >= 15 is 0 Å². The molecule has 104 valence electrons. The van der Waals surface area contributed by atoms with Gasteiger partial charge in [0, 0.05) is 22.7 Å². The number of halogens is 1. The van der Waals surface area contributed by atoms with Crippen molar-refractivity contribution in [2.75, 3.05) is 11.4 Å². The van der Waals surface area contributed by atoms with Gasteiger partial charge in [0.1, 0.15) is 0 Å². The molecule has 1 aliphatic rings. The minimum Gasteiger partial charge on any atom is -0.392 e. The Hall–Kier alpha value is -1.07. The van der Waals surface area contributed by atoms with Crippen LogP contribution in [0.15, 0.2) is 22.7 Å². The van der Waals surface area contributed by atoms with E-state index in [9.17, 15) is 9.90 Å². The standard InChI is InChI=1S/C14H19BrN2O2/c1-9-2-3-10(14(16)19)7-17(9)12-5-4-11(8-18)13(15)6-12/h4-6,9-10,18H,2-3,7-8H2,1H3,(H2,16,19). The van der Waals surface area contributed by atoms with Crippen molar-refractivity contribution in [3.05, 3.63) is 28.2 Å². The maximum Gasteiger partial charge on any atom is 0.222 e. The van der Waals surface area contributed by atoms with Crippen LogP contribution in [-0.2, 0) is 11.4 Å². The molecule has 0 spiro atoms. The molecule has 0 radical (unpaired) electrons. The maximum atomic E-state index is 11.4. The molecular weight excluding hydrogens is 308 g/mol. The maximum absolute atomic E-state index is 11.4. The van der Waals surface area contributed by atoms with E-state index in [0.29, 0.717) is 12.6 Å². The number of hydrogen-bond acceptors (Lipinski definition) is 3. The number of rotatable bonds is 3. The molecule has 1 amide bonds. The van der Waals surface area contributed by atoms with Gasteiger partial charge >= 0.3 is 0 Å². The molecule has 0 bridgehead atoms. The van der Waals surface area contributed by atoms with Crippen LogP contribution < -0.4 is 10.6 Å². The minimum absolute atomic E-state index is 0.0142. The molecule has 5 heteroatoms. The van der Waals surface area contributed by atoms with Crippen molar-refractivity contribution in [2.24, 2.45) is 11.7 Å². The lowest BCUT2D eigenvalue weighted by molar-refractivity contribution is -0.122. The Morgan fingerprint density at radius 2 is 2.26 bits per heavy atom. The predicted octanol–water partition coefficient (Wildman–Crippen LogP) is 2.03. The summed E-state index contributed by atoms with van der Waals surface area (Å²) in [4.78, 5) is 13.6. The van der Waals surface area contributed by atoms with Gasteiger partial charge in [-0.1, -0.05) is 22.0 Å². The molecule has 2 atom stereocenters. The highest BCUT2D eigenvalue weighted by atomic mass is 79.9. The predicted molar refractivity (Wildman–Crippen MR) is 78.8 cm³/mol. The zero-order valence-corrected chi connectivity index (χ0v) is 12.6. The van der Waals surface area contributed by atoms with Crippen molar-refractivity contribution in [3.8, 4) is 0 Å². The highest BCUT2D eigenvalue weighted by Crippen LogP contribution is 2.30. The van der Waals surface area contributed by atoms with Gasteiger partial charge in [-0.3, -0.25) is 4.79 Å². The Kier molecular flexibility index (Phi) is 4.47. The van der Waals surface area contributed by atoms with E-state index in [2.05, 4.69) is 27.8 Å². The highest BCUT2D eigenvalue weighted by molar-refractivity contribution is 9.10. The van der Waals surface area contributed by atoms with Gasteiger partial charge in [-0.25, -0.2) is 0 Å². The lowest BCUT2D eigenvalue weighted by Gasteiger charge is -2.38. The number of anilines is 1. The molecule has 2 rings (SSSR count). The largest absolute Gasteiger partial charge is 0.392 e. The zero-order valence-electron chi connectivity index (χ0n) is 11.0. The second-order valence-corrected chi connectivity index (χ2v) is 5.97. The van der Waals surface area contributed by atoms with Crippen LogP contribution in [0.2, 0.25) is 0 Å². The Labute approximate surface area is 121 Å². The molecule has 4 nitrogen and oxygen atoms in total. The fourth-order valence-electron chi connectivity index (χ4n) is 2.54. The first-order chi connectivity index (χ1) is 9.02. The normalized spacial score (nSPS) is 23.4. The summed E-state index contributed by atoms with van der Waals surface area (Å²) in [5.41, 5.74) is 7.34. The van der Waals surface area contributed by atoms with E-state index in [1.54, 1.807) is 0 Å². The molecule has 3 N–H and O–H groups in total. The van der Waals surface area contributed by atoms with Gasteiger partial charge in [-0.15, -0.1) is 0 Å². The number of piperidine rings is 1. The van der Waals surface area contributed by atoms with Crippen LogP contribution in [0, 0.1) is 5.92 Å². The Bertz CT molecular complexity index is 479. The summed E-state index contributed by atoms with van der Waals surface area (Å²) in [5.74, 6) is -0.296. The van der Waals surface area contributed by atoms with Crippen LogP contribution in [0.3, 0.4) is 0 Å². The van der Waals surface area contributed by atoms with Gasteiger partial charge in [0.25, 0.3) is 0 Å². The van der Waals surface area contributed by atoms with Crippen LogP contribution in [0.4, 0.5) is 5.69 Å². The first-order valence-electron chi connectivity index (χ1n) is 6.48. The number of nitrogens with two attached hydrogens (primary N) is 1. The minimum atomic E-state index is -0.219. The Morgan fingerprint density at radius 1 is 1.53 bits per heavy atom. The molecule has 0 saturated carbocycles. The van der Waals surface area contributed by atoms with E-state index in [4.69, 9.17) is 5.73 Å². The van der Waals surface area contributed by atoms with Gasteiger partial charge in [-0.05, 0) is 37.5 Å². The van der Waals surface area contributed by atoms with Crippen LogP contribution >= 0.6 is 15.9 Å². The average molecular weight is 327 g/mol. The summed E-state index contributed by atoms with van der Waals surface area (Å²) in [7, 11) is 0. The summed E-state index contributed by atoms with van der Waals surface area (Å²) in [6, 6.07) is 6.27. The van der Waals surface area contributed by atoms with E-state index in [1.807, 2.05) is 18.2 Å². The summed E-state index contributed by atoms with van der Waals surface area (Å²) < 4.78 is 0.890. The van der Waals surface area contributed by atoms with E-state index in [0.717, 1.165) is 28.6 Å². The smallest absolute Gasteiger partial charge is 0.222 e. The van der Waals surface area contributed by atoms with Crippen molar-refractivity contribution in [1.29, 1.82) is 0 Å². The van der Waals surface area contributed by atoms with Crippen molar-refractivity contribution in [2.45, 2.75) is 32.4 Å². The van der Waals surface area contributed by atoms with Crippen LogP contribution in [0.25, 0.3) is 0 Å². The zero-order chi connectivity index (χ0) is 14.0. The molecule has 1 heterocycles. The van der Waals surface area contributed by atoms with Crippen molar-refractivity contribution >= 4 is 27.5 Å². The van der Waals surface area contributed by atoms with E-state index in [1.165, 1.54) is 0 Å². The second kappa shape index (κ2) is 5.92. The summed E-state index contributed by atoms with van der Waals surface area (Å²) >= 11 is 3.46. The van der Waals surface area contributed by atoms with Gasteiger partial charge in [0.15, 0.2) is 0 Å². The van der Waals surface area contributed by atoms with Gasteiger partial charge in [0.05, 0.1) is 12.5 Å². The lowest BCUT2D eigenvalue weighted by atomic mass is 9.92. The lowest BCUT2D eigenvalue weighted by Crippen LogP contribution is -2.45. The highest BCUT2D eigenvalue weighted by Gasteiger charge is 2.28. The number of aliphatic hydroxyl groups is 1. The second-order valence-electron chi connectivity index (χ2n) is 5.11. The molecule has 0 aliphatic carbocycles. The quantitative estimate of drug-likeness (QED) is 0.893. The molecule has 1 saturated heterocycles. The Balaban J connectivity index is 2.23. The third kappa shape index (κ3) is 3.09. The number of carbonyl (C=O) groups is 1. The van der Waals surface area contributed by atoms with Crippen LogP contribution in [0.1, 0.15) is 25.3 Å². The van der Waals surface area contributed by atoms with Gasteiger partial charge in [-0.2, -0.15) is 0 Å². The molecular formula is C14H19BrN2O2. The first-order valence-corrected chi connectivity index (χ1v) is 7.27. The monoisotopic (exact) mass is 326 g/mol. The van der Waals surface area contributed by atoms with E-state index < -0.39 is 0 Å². The van der Waals surface area contributed by atoms with Gasteiger partial charge in [0.2, 0.25) is 5.91 Å². The van der Waals surface area contributed by atoms with Crippen LogP contribution in [-0.4, -0.2) is 23.6 Å². The molecule has 1 aliphatic heterocycles. The summed E-state index contributed by atoms with van der Waals surface area (Å²) in [6.07, 6.45) is 1.83. The topological polar surface area (TPSA) is 66.6 Å². The number of nitrogens with zero attached hydrogens (tertiary/aromatic N) is 1. The third-order valence-electron chi connectivity index (χ3n) is 3.82. The third-order valence-corrected chi connectivity index (χ3v) is 4.56. The summed E-state index contributed by atoms with van der Waals surface area (Å²) in [6.45, 7) is 2.84. The molecule has 19 heavy (non-hydrogen) atoms. The van der Waals surface area contributed by atoms with Crippen molar-refractivity contribution in [3.63, 3.8) is 0 Å². The first kappa shape index (κ1) is 14.3. The Morgan fingerprint density at radius 3 is 2.84 bits per heavy atom. The van der Waals surface area contributed by atoms with Crippen LogP contribution in [0.5, 0.6) is 0 Å². The van der Waals surface area contributed by atoms with Crippen molar-refractivity contribution < 1.29 is 9.90 Å². The van der Waals surface area contributed by atoms with E-state index in [-0.39, 0.29) is 18.4 Å². The number of primary amides is 1. The average Bonchev–Trinajstić information content (AvgIpc) is 2.38. The number of amides is 1. The molecule has 1 fully saturated rings. The molecule has 0 aromatic heterocycles. The fraction of sp³-hybridized carbons (Fsp3) is 0.500. The van der Waals surface area contributed by atoms with Gasteiger partial charge < -0.3 is 15.7 Å².